The van der Waals surface area contributed by atoms with E-state index in [1.54, 1.807) is 11.9 Å². The van der Waals surface area contributed by atoms with Gasteiger partial charge in [-0.2, -0.15) is 4.41 Å². The zero-order chi connectivity index (χ0) is 23.9. The summed E-state index contributed by atoms with van der Waals surface area (Å²) in [6.07, 6.45) is 0.569. The van der Waals surface area contributed by atoms with Crippen molar-refractivity contribution in [2.75, 3.05) is 25.2 Å². The van der Waals surface area contributed by atoms with Crippen LogP contribution >= 0.6 is 23.5 Å². The maximum absolute atomic E-state index is 10.9. The van der Waals surface area contributed by atoms with Crippen molar-refractivity contribution in [2.45, 2.75) is 23.9 Å². The van der Waals surface area contributed by atoms with Gasteiger partial charge in [0.1, 0.15) is 11.8 Å². The number of hydrazine groups is 1. The highest BCUT2D eigenvalue weighted by Gasteiger charge is 2.20. The summed E-state index contributed by atoms with van der Waals surface area (Å²) in [6, 6.07) is 21.1. The van der Waals surface area contributed by atoms with E-state index in [9.17, 15) is 4.79 Å². The molecule has 0 aliphatic carbocycles. The van der Waals surface area contributed by atoms with Crippen LogP contribution in [0.3, 0.4) is 0 Å². The molecule has 0 unspecified atom stereocenters. The highest BCUT2D eigenvalue weighted by molar-refractivity contribution is 7.97. The van der Waals surface area contributed by atoms with Crippen molar-refractivity contribution >= 4 is 35.2 Å². The lowest BCUT2D eigenvalue weighted by atomic mass is 10.0. The van der Waals surface area contributed by atoms with Crippen molar-refractivity contribution < 1.29 is 19.7 Å². The maximum atomic E-state index is 10.9. The zero-order valence-electron chi connectivity index (χ0n) is 18.4. The largest absolute Gasteiger partial charge is 0.492 e. The van der Waals surface area contributed by atoms with Gasteiger partial charge in [-0.05, 0) is 60.3 Å². The van der Waals surface area contributed by atoms with Gasteiger partial charge in [-0.15, -0.1) is 0 Å². The fourth-order valence-electron chi connectivity index (χ4n) is 3.60. The van der Waals surface area contributed by atoms with E-state index in [-0.39, 0.29) is 0 Å². The molecule has 1 heterocycles. The molecule has 0 aromatic heterocycles. The number of hydrogen-bond acceptors (Lipinski definition) is 7. The average Bonchev–Trinajstić information content (AvgIpc) is 3.24. The Morgan fingerprint density at radius 2 is 1.97 bits per heavy atom. The lowest BCUT2D eigenvalue weighted by molar-refractivity contribution is -0.140. The third-order valence-electron chi connectivity index (χ3n) is 5.34. The van der Waals surface area contributed by atoms with E-state index in [4.69, 9.17) is 26.6 Å². The first kappa shape index (κ1) is 24.4. The van der Waals surface area contributed by atoms with Crippen LogP contribution < -0.4 is 15.5 Å². The molecule has 3 aromatic carbocycles. The van der Waals surface area contributed by atoms with Crippen molar-refractivity contribution in [3.8, 4) is 16.9 Å². The fraction of sp³-hybridized carbons (Fsp3) is 0.240. The summed E-state index contributed by atoms with van der Waals surface area (Å²) in [7, 11) is 0. The molecule has 7 nitrogen and oxygen atoms in total. The lowest BCUT2D eigenvalue weighted by Crippen LogP contribution is -2.40. The van der Waals surface area contributed by atoms with Gasteiger partial charge in [0.2, 0.25) is 0 Å². The summed E-state index contributed by atoms with van der Waals surface area (Å²) in [5.74, 6) is -0.510. The van der Waals surface area contributed by atoms with Crippen molar-refractivity contribution in [1.29, 1.82) is 0 Å². The van der Waals surface area contributed by atoms with Crippen molar-refractivity contribution in [3.63, 3.8) is 0 Å². The number of benzene rings is 3. The van der Waals surface area contributed by atoms with Gasteiger partial charge in [-0.3, -0.25) is 4.79 Å². The summed E-state index contributed by atoms with van der Waals surface area (Å²) in [5, 5.41) is 21.3. The predicted molar refractivity (Wildman–Crippen MR) is 135 cm³/mol. The standard InChI is InChI=1S/C25H26ClN3O4S/c26-24-20(9-4-10-22(24)33-13-5-12-27-21(16-30)25(31)32)17-7-3-8-19(14-17)28-29-15-18-6-1-2-11-23(18)34-29/h1-4,6-11,14,21,27-28,30H,5,12-13,15-16H2,(H,31,32)/t21-/m0/s1. The Morgan fingerprint density at radius 3 is 2.76 bits per heavy atom. The number of halogens is 1. The molecule has 0 saturated carbocycles. The summed E-state index contributed by atoms with van der Waals surface area (Å²) >= 11 is 8.35. The molecule has 178 valence electrons. The first-order valence-corrected chi connectivity index (χ1v) is 12.1. The van der Waals surface area contributed by atoms with Gasteiger partial charge >= 0.3 is 5.97 Å². The van der Waals surface area contributed by atoms with Crippen LogP contribution in [-0.4, -0.2) is 46.4 Å². The third kappa shape index (κ3) is 6.02. The zero-order valence-corrected chi connectivity index (χ0v) is 20.0. The molecule has 1 aliphatic rings. The monoisotopic (exact) mass is 499 g/mol. The van der Waals surface area contributed by atoms with Gasteiger partial charge in [0.25, 0.3) is 0 Å². The Balaban J connectivity index is 1.36. The van der Waals surface area contributed by atoms with E-state index in [2.05, 4.69) is 39.4 Å². The van der Waals surface area contributed by atoms with E-state index in [1.807, 2.05) is 42.5 Å². The van der Waals surface area contributed by atoms with Crippen LogP contribution in [0, 0.1) is 0 Å². The molecule has 0 radical (unpaired) electrons. The van der Waals surface area contributed by atoms with Crippen LogP contribution in [0.4, 0.5) is 5.69 Å². The smallest absolute Gasteiger partial charge is 0.323 e. The SMILES string of the molecule is O=C(O)[C@H](CO)NCCCOc1cccc(-c2cccc(NN3Cc4ccccc4S3)c2)c1Cl. The van der Waals surface area contributed by atoms with E-state index >= 15 is 0 Å². The summed E-state index contributed by atoms with van der Waals surface area (Å²) in [4.78, 5) is 12.2. The minimum atomic E-state index is -1.08. The number of hydrogen-bond donors (Lipinski definition) is 4. The first-order chi connectivity index (χ1) is 16.5. The molecule has 0 amide bonds. The number of carbonyl (C=O) groups is 1. The molecule has 4 N–H and O–H groups in total. The lowest BCUT2D eigenvalue weighted by Gasteiger charge is -2.17. The average molecular weight is 500 g/mol. The molecule has 0 saturated heterocycles. The van der Waals surface area contributed by atoms with Gasteiger partial charge in [0.15, 0.2) is 0 Å². The number of fused-ring (bicyclic) bond motifs is 1. The van der Waals surface area contributed by atoms with Crippen molar-refractivity contribution in [1.82, 2.24) is 9.73 Å². The topological polar surface area (TPSA) is 94.1 Å². The number of nitrogens with zero attached hydrogens (tertiary/aromatic N) is 1. The normalized spacial score (nSPS) is 13.9. The second-order valence-corrected chi connectivity index (χ2v) is 9.22. The van der Waals surface area contributed by atoms with Crippen LogP contribution in [0.15, 0.2) is 71.6 Å². The number of carboxylic acid groups (broad SMARTS) is 1. The number of anilines is 1. The van der Waals surface area contributed by atoms with E-state index in [0.717, 1.165) is 23.4 Å². The van der Waals surface area contributed by atoms with Gasteiger partial charge in [0.05, 0.1) is 30.5 Å². The first-order valence-electron chi connectivity index (χ1n) is 10.9. The Bertz CT molecular complexity index is 1120. The molecule has 34 heavy (non-hydrogen) atoms. The quantitative estimate of drug-likeness (QED) is 0.223. The summed E-state index contributed by atoms with van der Waals surface area (Å²) in [5.41, 5.74) is 7.55. The molecule has 3 aromatic rings. The molecule has 0 fully saturated rings. The Labute approximate surface area is 207 Å². The van der Waals surface area contributed by atoms with Gasteiger partial charge in [-0.25, -0.2) is 0 Å². The van der Waals surface area contributed by atoms with Crippen LogP contribution in [-0.2, 0) is 11.3 Å². The summed E-state index contributed by atoms with van der Waals surface area (Å²) in [6.45, 7) is 1.13. The van der Waals surface area contributed by atoms with Gasteiger partial charge < -0.3 is 25.7 Å². The molecule has 1 aliphatic heterocycles. The number of carboxylic acids is 1. The molecule has 0 bridgehead atoms. The highest BCUT2D eigenvalue weighted by atomic mass is 35.5. The van der Waals surface area contributed by atoms with Crippen LogP contribution in [0.2, 0.25) is 5.02 Å². The number of ether oxygens (including phenoxy) is 1. The van der Waals surface area contributed by atoms with Crippen LogP contribution in [0.25, 0.3) is 11.1 Å². The predicted octanol–water partition coefficient (Wildman–Crippen LogP) is 4.66. The molecular weight excluding hydrogens is 474 g/mol. The van der Waals surface area contributed by atoms with Crippen LogP contribution in [0.1, 0.15) is 12.0 Å². The second-order valence-electron chi connectivity index (χ2n) is 7.78. The van der Waals surface area contributed by atoms with E-state index in [0.29, 0.717) is 30.3 Å². The van der Waals surface area contributed by atoms with Crippen LogP contribution in [0.5, 0.6) is 5.75 Å². The number of nitrogens with one attached hydrogen (secondary N) is 2. The molecule has 0 spiro atoms. The molecule has 4 rings (SSSR count). The number of rotatable bonds is 11. The summed E-state index contributed by atoms with van der Waals surface area (Å²) < 4.78 is 7.94. The fourth-order valence-corrected chi connectivity index (χ4v) is 4.87. The Hall–Kier alpha value is -2.75. The third-order valence-corrected chi connectivity index (χ3v) is 6.76. The van der Waals surface area contributed by atoms with Crippen molar-refractivity contribution in [2.24, 2.45) is 0 Å². The minimum Gasteiger partial charge on any atom is -0.492 e. The molecule has 1 atom stereocenters. The van der Waals surface area contributed by atoms with E-state index < -0.39 is 18.6 Å². The van der Waals surface area contributed by atoms with Gasteiger partial charge in [-0.1, -0.05) is 54.1 Å². The maximum Gasteiger partial charge on any atom is 0.323 e. The number of aliphatic hydroxyl groups is 1. The Morgan fingerprint density at radius 1 is 1.15 bits per heavy atom. The Kier molecular flexibility index (Phi) is 8.31. The molecule has 9 heteroatoms. The van der Waals surface area contributed by atoms with Gasteiger partial charge in [0, 0.05) is 10.5 Å². The molecular formula is C25H26ClN3O4S. The minimum absolute atomic E-state index is 0.363. The van der Waals surface area contributed by atoms with E-state index in [1.165, 1.54) is 10.5 Å². The van der Waals surface area contributed by atoms with Crippen molar-refractivity contribution in [3.05, 3.63) is 77.3 Å². The highest BCUT2D eigenvalue weighted by Crippen LogP contribution is 2.38. The number of aliphatic carboxylic acids is 1. The number of aliphatic hydroxyl groups excluding tert-OH is 1. The second kappa shape index (κ2) is 11.6.